The Kier molecular flexibility index (Phi) is 5.11. The molecule has 0 spiro atoms. The third kappa shape index (κ3) is 5.09. The predicted octanol–water partition coefficient (Wildman–Crippen LogP) is 1.83. The van der Waals surface area contributed by atoms with Crippen LogP contribution in [0.1, 0.15) is 18.5 Å². The number of carbonyl (C=O) groups excluding carboxylic acids is 1. The van der Waals surface area contributed by atoms with Crippen LogP contribution in [0, 0.1) is 11.3 Å². The third-order valence-corrected chi connectivity index (χ3v) is 2.03. The molecule has 1 heterocycles. The number of carbonyl (C=O) groups is 1. The summed E-state index contributed by atoms with van der Waals surface area (Å²) in [4.78, 5) is 18.2. The maximum absolute atomic E-state index is 10.5. The van der Waals surface area contributed by atoms with Gasteiger partial charge in [-0.1, -0.05) is 6.58 Å². The first kappa shape index (κ1) is 13.1. The highest BCUT2D eigenvalue weighted by atomic mass is 35.5. The molecule has 5 nitrogen and oxygen atoms in total. The van der Waals surface area contributed by atoms with Crippen molar-refractivity contribution in [2.45, 2.75) is 12.8 Å². The van der Waals surface area contributed by atoms with Crippen molar-refractivity contribution < 1.29 is 9.53 Å². The van der Waals surface area contributed by atoms with Gasteiger partial charge in [0.25, 0.3) is 0 Å². The molecular formula is C11H10ClN3O2. The predicted molar refractivity (Wildman–Crippen MR) is 61.5 cm³/mol. The zero-order valence-electron chi connectivity index (χ0n) is 9.02. The smallest absolute Gasteiger partial charge is 0.232 e. The van der Waals surface area contributed by atoms with Crippen LogP contribution >= 0.6 is 11.6 Å². The van der Waals surface area contributed by atoms with Crippen molar-refractivity contribution in [1.29, 1.82) is 5.26 Å². The van der Waals surface area contributed by atoms with Gasteiger partial charge in [-0.25, -0.2) is 9.97 Å². The van der Waals surface area contributed by atoms with E-state index in [2.05, 4.69) is 16.5 Å². The second-order valence-electron chi connectivity index (χ2n) is 3.25. The van der Waals surface area contributed by atoms with E-state index in [1.54, 1.807) is 0 Å². The fourth-order valence-electron chi connectivity index (χ4n) is 0.972. The number of hydrogen-bond donors (Lipinski definition) is 0. The average Bonchev–Trinajstić information content (AvgIpc) is 2.34. The number of rotatable bonds is 6. The molecule has 88 valence electrons. The molecule has 0 aliphatic heterocycles. The molecule has 0 atom stereocenters. The maximum atomic E-state index is 10.5. The summed E-state index contributed by atoms with van der Waals surface area (Å²) in [5, 5.41) is 8.12. The first-order valence-corrected chi connectivity index (χ1v) is 5.19. The van der Waals surface area contributed by atoms with Crippen molar-refractivity contribution in [3.05, 3.63) is 30.2 Å². The average molecular weight is 252 g/mol. The largest absolute Gasteiger partial charge is 0.472 e. The number of nitrogens with zero attached hydrogens (tertiary/aromatic N) is 3. The van der Waals surface area contributed by atoms with Crippen LogP contribution in [0.15, 0.2) is 24.5 Å². The number of ether oxygens (including phenoxy) is 1. The van der Waals surface area contributed by atoms with Gasteiger partial charge in [0.15, 0.2) is 5.69 Å². The number of aromatic nitrogens is 2. The molecule has 0 fully saturated rings. The Balaban J connectivity index is 2.37. The Bertz CT molecular complexity index is 451. The lowest BCUT2D eigenvalue weighted by atomic mass is 10.2. The molecule has 0 aliphatic rings. The van der Waals surface area contributed by atoms with Gasteiger partial charge in [0, 0.05) is 6.42 Å². The summed E-state index contributed by atoms with van der Waals surface area (Å²) < 4.78 is 5.26. The summed E-state index contributed by atoms with van der Waals surface area (Å²) >= 11 is 5.20. The van der Waals surface area contributed by atoms with Crippen molar-refractivity contribution in [1.82, 2.24) is 9.97 Å². The van der Waals surface area contributed by atoms with E-state index in [9.17, 15) is 4.79 Å². The van der Waals surface area contributed by atoms with E-state index in [1.165, 1.54) is 12.4 Å². The van der Waals surface area contributed by atoms with E-state index in [0.717, 1.165) is 5.57 Å². The lowest BCUT2D eigenvalue weighted by molar-refractivity contribution is -0.111. The highest BCUT2D eigenvalue weighted by Crippen LogP contribution is 2.09. The Morgan fingerprint density at radius 3 is 2.76 bits per heavy atom. The van der Waals surface area contributed by atoms with Gasteiger partial charge in [0.2, 0.25) is 11.1 Å². The quantitative estimate of drug-likeness (QED) is 0.569. The Morgan fingerprint density at radius 1 is 1.47 bits per heavy atom. The molecular weight excluding hydrogens is 242 g/mol. The molecule has 0 radical (unpaired) electrons. The van der Waals surface area contributed by atoms with E-state index >= 15 is 0 Å². The zero-order valence-corrected chi connectivity index (χ0v) is 9.78. The van der Waals surface area contributed by atoms with E-state index in [0.29, 0.717) is 12.3 Å². The molecule has 0 unspecified atom stereocenters. The molecule has 0 saturated carbocycles. The molecule has 0 aromatic carbocycles. The fraction of sp³-hybridized carbons (Fsp3) is 0.273. The summed E-state index contributed by atoms with van der Waals surface area (Å²) in [7, 11) is 0. The minimum Gasteiger partial charge on any atom is -0.472 e. The number of halogens is 1. The second-order valence-corrected chi connectivity index (χ2v) is 3.67. The summed E-state index contributed by atoms with van der Waals surface area (Å²) in [5.74, 6) is 0.308. The van der Waals surface area contributed by atoms with Gasteiger partial charge in [0.05, 0.1) is 12.4 Å². The Morgan fingerprint density at radius 2 is 2.24 bits per heavy atom. The summed E-state index contributed by atoms with van der Waals surface area (Å²) in [6.07, 6.45) is 3.40. The maximum Gasteiger partial charge on any atom is 0.232 e. The standard InChI is InChI=1S/C11H10ClN3O2/c1-8(2-3-10(12)16)7-17-11-6-14-9(4-13)5-15-11/h5-6H,1-3,7H2. The molecule has 0 N–H and O–H groups in total. The molecule has 6 heteroatoms. The van der Waals surface area contributed by atoms with Crippen LogP contribution in [0.5, 0.6) is 5.88 Å². The minimum absolute atomic E-state index is 0.226. The molecule has 0 saturated heterocycles. The molecule has 0 amide bonds. The normalized spacial score (nSPS) is 9.41. The number of hydrogen-bond acceptors (Lipinski definition) is 5. The van der Waals surface area contributed by atoms with E-state index in [-0.39, 0.29) is 18.7 Å². The van der Waals surface area contributed by atoms with Gasteiger partial charge < -0.3 is 4.74 Å². The summed E-state index contributed by atoms with van der Waals surface area (Å²) in [6, 6.07) is 1.85. The topological polar surface area (TPSA) is 75.9 Å². The van der Waals surface area contributed by atoms with Crippen molar-refractivity contribution >= 4 is 16.8 Å². The van der Waals surface area contributed by atoms with Gasteiger partial charge >= 0.3 is 0 Å². The highest BCUT2D eigenvalue weighted by Gasteiger charge is 2.02. The van der Waals surface area contributed by atoms with Crippen molar-refractivity contribution in [2.75, 3.05) is 6.61 Å². The SMILES string of the molecule is C=C(CCC(=O)Cl)COc1cnc(C#N)cn1. The second kappa shape index (κ2) is 6.61. The van der Waals surface area contributed by atoms with Gasteiger partial charge in [-0.05, 0) is 23.6 Å². The molecule has 0 bridgehead atoms. The highest BCUT2D eigenvalue weighted by molar-refractivity contribution is 6.63. The first-order valence-electron chi connectivity index (χ1n) is 4.81. The first-order chi connectivity index (χ1) is 8.11. The lowest BCUT2D eigenvalue weighted by Gasteiger charge is -2.06. The molecule has 1 rings (SSSR count). The van der Waals surface area contributed by atoms with Gasteiger partial charge in [-0.3, -0.25) is 4.79 Å². The van der Waals surface area contributed by atoms with Gasteiger partial charge in [0.1, 0.15) is 12.7 Å². The van der Waals surface area contributed by atoms with Crippen LogP contribution in [0.4, 0.5) is 0 Å². The monoisotopic (exact) mass is 251 g/mol. The van der Waals surface area contributed by atoms with Crippen LogP contribution in [-0.4, -0.2) is 21.8 Å². The van der Waals surface area contributed by atoms with Crippen molar-refractivity contribution in [3.8, 4) is 11.9 Å². The van der Waals surface area contributed by atoms with Gasteiger partial charge in [-0.2, -0.15) is 5.26 Å². The van der Waals surface area contributed by atoms with Gasteiger partial charge in [-0.15, -0.1) is 0 Å². The fourth-order valence-corrected chi connectivity index (χ4v) is 1.07. The summed E-state index contributed by atoms with van der Waals surface area (Å²) in [6.45, 7) is 3.98. The molecule has 0 aliphatic carbocycles. The van der Waals surface area contributed by atoms with Crippen LogP contribution in [-0.2, 0) is 4.79 Å². The Labute approximate surface area is 104 Å². The zero-order chi connectivity index (χ0) is 12.7. The van der Waals surface area contributed by atoms with E-state index in [1.807, 2.05) is 6.07 Å². The molecule has 17 heavy (non-hydrogen) atoms. The van der Waals surface area contributed by atoms with Crippen molar-refractivity contribution in [3.63, 3.8) is 0 Å². The lowest BCUT2D eigenvalue weighted by Crippen LogP contribution is -2.03. The van der Waals surface area contributed by atoms with Crippen LogP contribution in [0.25, 0.3) is 0 Å². The van der Waals surface area contributed by atoms with Crippen molar-refractivity contribution in [2.24, 2.45) is 0 Å². The third-order valence-electron chi connectivity index (χ3n) is 1.84. The van der Waals surface area contributed by atoms with Crippen LogP contribution in [0.2, 0.25) is 0 Å². The summed E-state index contributed by atoms with van der Waals surface area (Å²) in [5.41, 5.74) is 0.967. The minimum atomic E-state index is -0.399. The van der Waals surface area contributed by atoms with Crippen LogP contribution in [0.3, 0.4) is 0 Å². The van der Waals surface area contributed by atoms with E-state index < -0.39 is 5.24 Å². The van der Waals surface area contributed by atoms with Crippen LogP contribution < -0.4 is 4.74 Å². The Hall–Kier alpha value is -1.93. The molecule has 1 aromatic heterocycles. The van der Waals surface area contributed by atoms with E-state index in [4.69, 9.17) is 21.6 Å². The number of nitriles is 1. The molecule has 1 aromatic rings.